The van der Waals surface area contributed by atoms with Crippen molar-refractivity contribution in [3.63, 3.8) is 0 Å². The quantitative estimate of drug-likeness (QED) is 0.769. The lowest BCUT2D eigenvalue weighted by atomic mass is 10.1. The van der Waals surface area contributed by atoms with Crippen LogP contribution in [0.3, 0.4) is 0 Å². The van der Waals surface area contributed by atoms with Crippen LogP contribution in [-0.4, -0.2) is 24.6 Å². The molecule has 1 N–H and O–H groups in total. The number of esters is 1. The molecular weight excluding hydrogens is 361 g/mol. The average Bonchev–Trinajstić information content (AvgIpc) is 2.58. The summed E-state index contributed by atoms with van der Waals surface area (Å²) >= 11 is 5.84. The van der Waals surface area contributed by atoms with Gasteiger partial charge in [0, 0.05) is 0 Å². The smallest absolute Gasteiger partial charge is 0.344 e. The maximum atomic E-state index is 13.0. The van der Waals surface area contributed by atoms with Gasteiger partial charge in [0.2, 0.25) is 0 Å². The van der Waals surface area contributed by atoms with Crippen molar-refractivity contribution in [2.75, 3.05) is 11.9 Å². The summed E-state index contributed by atoms with van der Waals surface area (Å²) in [7, 11) is 0. The number of benzene rings is 2. The maximum Gasteiger partial charge on any atom is 0.344 e. The molecule has 0 aliphatic carbocycles. The van der Waals surface area contributed by atoms with E-state index in [-0.39, 0.29) is 17.3 Å². The highest BCUT2D eigenvalue weighted by atomic mass is 35.5. The minimum absolute atomic E-state index is 0.0509. The number of halogens is 2. The largest absolute Gasteiger partial charge is 0.482 e. The summed E-state index contributed by atoms with van der Waals surface area (Å²) in [4.78, 5) is 23.9. The van der Waals surface area contributed by atoms with Crippen molar-refractivity contribution in [3.8, 4) is 5.75 Å². The Kier molecular flexibility index (Phi) is 6.58. The first-order valence-electron chi connectivity index (χ1n) is 7.91. The molecule has 26 heavy (non-hydrogen) atoms. The summed E-state index contributed by atoms with van der Waals surface area (Å²) in [6, 6.07) is 9.02. The van der Waals surface area contributed by atoms with Crippen LogP contribution in [0.4, 0.5) is 10.1 Å². The van der Waals surface area contributed by atoms with Gasteiger partial charge >= 0.3 is 5.97 Å². The molecule has 138 valence electrons. The molecule has 0 heterocycles. The molecule has 2 rings (SSSR count). The van der Waals surface area contributed by atoms with Crippen molar-refractivity contribution < 1.29 is 23.5 Å². The van der Waals surface area contributed by atoms with E-state index in [1.54, 1.807) is 6.07 Å². The Morgan fingerprint density at radius 3 is 2.54 bits per heavy atom. The van der Waals surface area contributed by atoms with Crippen LogP contribution in [0.1, 0.15) is 18.1 Å². The van der Waals surface area contributed by atoms with E-state index in [9.17, 15) is 14.0 Å². The summed E-state index contributed by atoms with van der Waals surface area (Å²) in [6.07, 6.45) is -1.06. The van der Waals surface area contributed by atoms with E-state index in [1.807, 2.05) is 26.0 Å². The topological polar surface area (TPSA) is 64.6 Å². The van der Waals surface area contributed by atoms with E-state index in [4.69, 9.17) is 21.1 Å². The second kappa shape index (κ2) is 8.67. The van der Waals surface area contributed by atoms with Gasteiger partial charge in [0.15, 0.2) is 12.7 Å². The molecular formula is C19H19ClFNO4. The number of hydrogen-bond acceptors (Lipinski definition) is 4. The second-order valence-corrected chi connectivity index (χ2v) is 6.19. The molecule has 0 fully saturated rings. The molecule has 0 aromatic heterocycles. The highest BCUT2D eigenvalue weighted by Gasteiger charge is 2.19. The van der Waals surface area contributed by atoms with E-state index in [2.05, 4.69) is 5.32 Å². The molecule has 2 aromatic rings. The number of amides is 1. The van der Waals surface area contributed by atoms with E-state index in [1.165, 1.54) is 13.0 Å². The Hall–Kier alpha value is -2.60. The molecule has 0 saturated heterocycles. The Morgan fingerprint density at radius 1 is 1.15 bits per heavy atom. The third-order valence-corrected chi connectivity index (χ3v) is 4.01. The Balaban J connectivity index is 1.85. The number of anilines is 1. The van der Waals surface area contributed by atoms with E-state index >= 15 is 0 Å². The normalized spacial score (nSPS) is 11.6. The molecule has 1 atom stereocenters. The lowest BCUT2D eigenvalue weighted by Crippen LogP contribution is -2.31. The Labute approximate surface area is 156 Å². The minimum atomic E-state index is -1.06. The van der Waals surface area contributed by atoms with Crippen molar-refractivity contribution in [3.05, 3.63) is 58.4 Å². The third kappa shape index (κ3) is 5.46. The zero-order chi connectivity index (χ0) is 19.3. The average molecular weight is 380 g/mol. The molecule has 0 aliphatic rings. The van der Waals surface area contributed by atoms with Crippen LogP contribution >= 0.6 is 11.6 Å². The van der Waals surface area contributed by atoms with Crippen LogP contribution < -0.4 is 10.1 Å². The van der Waals surface area contributed by atoms with Gasteiger partial charge in [-0.3, -0.25) is 4.79 Å². The molecule has 0 saturated carbocycles. The van der Waals surface area contributed by atoms with Crippen LogP contribution in [0, 0.1) is 19.7 Å². The van der Waals surface area contributed by atoms with Crippen LogP contribution in [0.5, 0.6) is 5.75 Å². The van der Waals surface area contributed by atoms with Gasteiger partial charge in [0.1, 0.15) is 11.6 Å². The molecule has 5 nitrogen and oxygen atoms in total. The summed E-state index contributed by atoms with van der Waals surface area (Å²) in [6.45, 7) is 5.01. The van der Waals surface area contributed by atoms with Gasteiger partial charge in [-0.05, 0) is 62.2 Å². The van der Waals surface area contributed by atoms with Crippen molar-refractivity contribution in [2.24, 2.45) is 0 Å². The highest BCUT2D eigenvalue weighted by molar-refractivity contribution is 6.33. The first-order valence-corrected chi connectivity index (χ1v) is 8.29. The van der Waals surface area contributed by atoms with Crippen molar-refractivity contribution in [1.29, 1.82) is 0 Å². The summed E-state index contributed by atoms with van der Waals surface area (Å²) in [5, 5.41) is 2.53. The van der Waals surface area contributed by atoms with E-state index in [0.717, 1.165) is 23.3 Å². The van der Waals surface area contributed by atoms with Crippen molar-refractivity contribution >= 4 is 29.2 Å². The number of hydrogen-bond donors (Lipinski definition) is 1. The lowest BCUT2D eigenvalue weighted by molar-refractivity contribution is -0.155. The number of aryl methyl sites for hydroxylation is 2. The first kappa shape index (κ1) is 19.7. The Bertz CT molecular complexity index is 825. The number of rotatable bonds is 6. The second-order valence-electron chi connectivity index (χ2n) is 5.78. The zero-order valence-electron chi connectivity index (χ0n) is 14.6. The molecule has 0 unspecified atom stereocenters. The molecule has 7 heteroatoms. The minimum Gasteiger partial charge on any atom is -0.482 e. The first-order chi connectivity index (χ1) is 12.3. The van der Waals surface area contributed by atoms with Crippen LogP contribution in [-0.2, 0) is 14.3 Å². The van der Waals surface area contributed by atoms with Crippen LogP contribution in [0.15, 0.2) is 36.4 Å². The van der Waals surface area contributed by atoms with Crippen molar-refractivity contribution in [2.45, 2.75) is 26.9 Å². The van der Waals surface area contributed by atoms with Gasteiger partial charge in [-0.2, -0.15) is 0 Å². The summed E-state index contributed by atoms with van der Waals surface area (Å²) < 4.78 is 23.4. The van der Waals surface area contributed by atoms with Crippen molar-refractivity contribution in [1.82, 2.24) is 0 Å². The van der Waals surface area contributed by atoms with Gasteiger partial charge in [0.05, 0.1) is 10.7 Å². The molecule has 2 aromatic carbocycles. The SMILES string of the molecule is Cc1ccc(OCC(=O)O[C@@H](C)C(=O)Nc2ccc(F)cc2Cl)cc1C. The number of nitrogens with one attached hydrogen (secondary N) is 1. The van der Waals surface area contributed by atoms with Gasteiger partial charge in [-0.25, -0.2) is 9.18 Å². The van der Waals surface area contributed by atoms with Gasteiger partial charge in [0.25, 0.3) is 5.91 Å². The number of carbonyl (C=O) groups excluding carboxylic acids is 2. The van der Waals surface area contributed by atoms with Crippen LogP contribution in [0.2, 0.25) is 5.02 Å². The fraction of sp³-hybridized carbons (Fsp3) is 0.263. The number of ether oxygens (including phenoxy) is 2. The fourth-order valence-corrected chi connectivity index (χ4v) is 2.27. The van der Waals surface area contributed by atoms with E-state index in [0.29, 0.717) is 5.75 Å². The number of carbonyl (C=O) groups is 2. The van der Waals surface area contributed by atoms with E-state index < -0.39 is 23.8 Å². The summed E-state index contributed by atoms with van der Waals surface area (Å²) in [5.41, 5.74) is 2.39. The molecule has 1 amide bonds. The predicted molar refractivity (Wildman–Crippen MR) is 97.0 cm³/mol. The van der Waals surface area contributed by atoms with Gasteiger partial charge < -0.3 is 14.8 Å². The van der Waals surface area contributed by atoms with Gasteiger partial charge in [-0.15, -0.1) is 0 Å². The lowest BCUT2D eigenvalue weighted by Gasteiger charge is -2.15. The maximum absolute atomic E-state index is 13.0. The molecule has 0 aliphatic heterocycles. The summed E-state index contributed by atoms with van der Waals surface area (Å²) in [5.74, 6) is -1.25. The van der Waals surface area contributed by atoms with Crippen LogP contribution in [0.25, 0.3) is 0 Å². The predicted octanol–water partition coefficient (Wildman–Crippen LogP) is 4.05. The third-order valence-electron chi connectivity index (χ3n) is 3.70. The standard InChI is InChI=1S/C19H19ClFNO4/c1-11-4-6-15(8-12(11)2)25-10-18(23)26-13(3)19(24)22-17-7-5-14(21)9-16(17)20/h4-9,13H,10H2,1-3H3,(H,22,24)/t13-/m0/s1. The monoisotopic (exact) mass is 379 g/mol. The molecule has 0 radical (unpaired) electrons. The fourth-order valence-electron chi connectivity index (χ4n) is 2.06. The molecule has 0 bridgehead atoms. The Morgan fingerprint density at radius 2 is 1.88 bits per heavy atom. The zero-order valence-corrected chi connectivity index (χ0v) is 15.4. The highest BCUT2D eigenvalue weighted by Crippen LogP contribution is 2.22. The van der Waals surface area contributed by atoms with Gasteiger partial charge in [-0.1, -0.05) is 17.7 Å². The molecule has 0 spiro atoms.